The number of hydrogen-bond donors (Lipinski definition) is 1. The number of carbonyl (C=O) groups is 2. The topological polar surface area (TPSA) is 57.6 Å². The van der Waals surface area contributed by atoms with E-state index in [4.69, 9.17) is 5.11 Å². The van der Waals surface area contributed by atoms with Crippen molar-refractivity contribution >= 4 is 23.5 Å². The van der Waals surface area contributed by atoms with E-state index in [-0.39, 0.29) is 19.1 Å². The average molecular weight is 283 g/mol. The summed E-state index contributed by atoms with van der Waals surface area (Å²) >= 11 is 1.74. The first-order valence-corrected chi connectivity index (χ1v) is 6.62. The van der Waals surface area contributed by atoms with Crippen LogP contribution in [0.5, 0.6) is 0 Å². The number of hydrogen-bond acceptors (Lipinski definition) is 4. The van der Waals surface area contributed by atoms with Gasteiger partial charge in [0.1, 0.15) is 0 Å². The number of carbonyl (C=O) groups excluding carboxylic acids is 2. The van der Waals surface area contributed by atoms with Crippen LogP contribution in [0.2, 0.25) is 0 Å². The quantitative estimate of drug-likeness (QED) is 0.800. The maximum Gasteiger partial charge on any atom is 0.289 e. The van der Waals surface area contributed by atoms with E-state index in [1.165, 1.54) is 11.8 Å². The summed E-state index contributed by atoms with van der Waals surface area (Å²) in [6.07, 6.45) is 0. The molecule has 0 radical (unpaired) electrons. The molecular formula is C14H21NO3S. The molecule has 19 heavy (non-hydrogen) atoms. The Kier molecular flexibility index (Phi) is 8.11. The summed E-state index contributed by atoms with van der Waals surface area (Å²) in [5.74, 6) is 0.0810. The predicted octanol–water partition coefficient (Wildman–Crippen LogP) is 1.95. The Morgan fingerprint density at radius 1 is 1.26 bits per heavy atom. The minimum Gasteiger partial charge on any atom is -0.400 e. The molecule has 0 saturated heterocycles. The van der Waals surface area contributed by atoms with Crippen molar-refractivity contribution in [2.45, 2.75) is 25.8 Å². The lowest BCUT2D eigenvalue weighted by Crippen LogP contribution is -2.35. The molecule has 5 heteroatoms. The van der Waals surface area contributed by atoms with Gasteiger partial charge in [0.15, 0.2) is 0 Å². The van der Waals surface area contributed by atoms with E-state index in [0.29, 0.717) is 13.1 Å². The number of nitrogens with zero attached hydrogens (tertiary/aromatic N) is 1. The lowest BCUT2D eigenvalue weighted by molar-refractivity contribution is -0.143. The average Bonchev–Trinajstić information content (AvgIpc) is 2.62. The highest BCUT2D eigenvalue weighted by atomic mass is 32.2. The van der Waals surface area contributed by atoms with Crippen LogP contribution in [0.4, 0.5) is 0 Å². The van der Waals surface area contributed by atoms with Gasteiger partial charge in [0, 0.05) is 37.8 Å². The number of ketones is 1. The van der Waals surface area contributed by atoms with E-state index in [0.717, 1.165) is 18.4 Å². The minimum atomic E-state index is -0.385. The number of aliphatic hydroxyl groups is 1. The van der Waals surface area contributed by atoms with Crippen molar-refractivity contribution in [2.75, 3.05) is 19.4 Å². The molecule has 1 aliphatic heterocycles. The minimum absolute atomic E-state index is 0. The molecule has 0 atom stereocenters. The standard InChI is InChI=1S/C12H13NO2S.CH4O.CH4/c1-9(14)12(15)13-6-7-16-11-5-3-2-4-10(11)8-13;1-2;/h2-5H,6-8H2,1H3;2H,1H3;1H4. The van der Waals surface area contributed by atoms with E-state index in [2.05, 4.69) is 6.07 Å². The van der Waals surface area contributed by atoms with Gasteiger partial charge in [-0.3, -0.25) is 9.59 Å². The highest BCUT2D eigenvalue weighted by molar-refractivity contribution is 7.99. The van der Waals surface area contributed by atoms with Crippen molar-refractivity contribution in [3.63, 3.8) is 0 Å². The van der Waals surface area contributed by atoms with Crippen LogP contribution in [0.25, 0.3) is 0 Å². The Balaban J connectivity index is 0.00000103. The monoisotopic (exact) mass is 283 g/mol. The SMILES string of the molecule is C.CC(=O)C(=O)N1CCSc2ccccc2C1.CO. The van der Waals surface area contributed by atoms with Crippen molar-refractivity contribution in [3.8, 4) is 0 Å². The number of thioether (sulfide) groups is 1. The molecule has 0 unspecified atom stereocenters. The van der Waals surface area contributed by atoms with Crippen LogP contribution in [-0.4, -0.2) is 41.1 Å². The van der Waals surface area contributed by atoms with E-state index >= 15 is 0 Å². The molecule has 1 aromatic rings. The molecule has 0 fully saturated rings. The maximum absolute atomic E-state index is 11.6. The molecule has 106 valence electrons. The van der Waals surface area contributed by atoms with Gasteiger partial charge in [-0.05, 0) is 11.6 Å². The number of fused-ring (bicyclic) bond motifs is 1. The summed E-state index contributed by atoms with van der Waals surface area (Å²) in [7, 11) is 1.00. The molecule has 1 heterocycles. The van der Waals surface area contributed by atoms with Crippen LogP contribution < -0.4 is 0 Å². The van der Waals surface area contributed by atoms with E-state index in [1.54, 1.807) is 16.7 Å². The maximum atomic E-state index is 11.6. The lowest BCUT2D eigenvalue weighted by atomic mass is 10.2. The third-order valence-corrected chi connectivity index (χ3v) is 3.64. The number of rotatable bonds is 1. The Hall–Kier alpha value is -1.33. The Morgan fingerprint density at radius 3 is 2.53 bits per heavy atom. The van der Waals surface area contributed by atoms with Crippen LogP contribution in [0.3, 0.4) is 0 Å². The molecule has 4 nitrogen and oxygen atoms in total. The predicted molar refractivity (Wildman–Crippen MR) is 78.1 cm³/mol. The van der Waals surface area contributed by atoms with Crippen LogP contribution in [0.15, 0.2) is 29.2 Å². The molecule has 0 aromatic heterocycles. The van der Waals surface area contributed by atoms with E-state index < -0.39 is 0 Å². The van der Waals surface area contributed by atoms with Crippen molar-refractivity contribution in [2.24, 2.45) is 0 Å². The normalized spacial score (nSPS) is 13.1. The van der Waals surface area contributed by atoms with E-state index in [1.807, 2.05) is 18.2 Å². The fourth-order valence-corrected chi connectivity index (χ4v) is 2.75. The summed E-state index contributed by atoms with van der Waals surface area (Å²) in [5.41, 5.74) is 1.12. The van der Waals surface area contributed by atoms with Gasteiger partial charge in [0.05, 0.1) is 0 Å². The van der Waals surface area contributed by atoms with Gasteiger partial charge in [0.2, 0.25) is 5.78 Å². The first kappa shape index (κ1) is 17.7. The zero-order chi connectivity index (χ0) is 13.5. The van der Waals surface area contributed by atoms with Crippen LogP contribution in [0, 0.1) is 0 Å². The largest absolute Gasteiger partial charge is 0.400 e. The summed E-state index contributed by atoms with van der Waals surface area (Å²) in [5, 5.41) is 7.00. The molecule has 0 spiro atoms. The third-order valence-electron chi connectivity index (χ3n) is 2.54. The zero-order valence-electron chi connectivity index (χ0n) is 10.5. The smallest absolute Gasteiger partial charge is 0.289 e. The fraction of sp³-hybridized carbons (Fsp3) is 0.429. The van der Waals surface area contributed by atoms with Gasteiger partial charge in [-0.2, -0.15) is 0 Å². The molecule has 1 aromatic carbocycles. The highest BCUT2D eigenvalue weighted by Crippen LogP contribution is 2.26. The van der Waals surface area contributed by atoms with Gasteiger partial charge in [-0.1, -0.05) is 25.6 Å². The molecular weight excluding hydrogens is 262 g/mol. The summed E-state index contributed by atoms with van der Waals surface area (Å²) in [6, 6.07) is 8.02. The van der Waals surface area contributed by atoms with Gasteiger partial charge < -0.3 is 10.0 Å². The van der Waals surface area contributed by atoms with Gasteiger partial charge in [-0.15, -0.1) is 11.8 Å². The molecule has 0 aliphatic carbocycles. The third kappa shape index (κ3) is 4.69. The summed E-state index contributed by atoms with van der Waals surface area (Å²) < 4.78 is 0. The number of Topliss-reactive ketones (excluding diaryl/α,β-unsaturated/α-hetero) is 1. The molecule has 0 bridgehead atoms. The van der Waals surface area contributed by atoms with Crippen LogP contribution in [0.1, 0.15) is 19.9 Å². The second-order valence-corrected chi connectivity index (χ2v) is 4.88. The number of amides is 1. The first-order chi connectivity index (χ1) is 8.68. The molecule has 1 amide bonds. The van der Waals surface area contributed by atoms with Gasteiger partial charge >= 0.3 is 0 Å². The molecule has 2 rings (SSSR count). The Bertz CT molecular complexity index is 434. The van der Waals surface area contributed by atoms with Crippen molar-refractivity contribution in [3.05, 3.63) is 29.8 Å². The summed E-state index contributed by atoms with van der Waals surface area (Å²) in [6.45, 7) is 2.51. The van der Waals surface area contributed by atoms with Crippen LogP contribution >= 0.6 is 11.8 Å². The van der Waals surface area contributed by atoms with E-state index in [9.17, 15) is 9.59 Å². The fourth-order valence-electron chi connectivity index (χ4n) is 1.72. The molecule has 1 N–H and O–H groups in total. The first-order valence-electron chi connectivity index (χ1n) is 5.64. The lowest BCUT2D eigenvalue weighted by Gasteiger charge is -2.18. The number of benzene rings is 1. The van der Waals surface area contributed by atoms with Crippen molar-refractivity contribution < 1.29 is 14.7 Å². The van der Waals surface area contributed by atoms with Crippen molar-refractivity contribution in [1.29, 1.82) is 0 Å². The molecule has 1 aliphatic rings. The second-order valence-electron chi connectivity index (χ2n) is 3.74. The molecule has 0 saturated carbocycles. The number of aliphatic hydroxyl groups excluding tert-OH is 1. The van der Waals surface area contributed by atoms with Crippen molar-refractivity contribution in [1.82, 2.24) is 4.90 Å². The Morgan fingerprint density at radius 2 is 1.89 bits per heavy atom. The Labute approximate surface area is 118 Å². The zero-order valence-corrected chi connectivity index (χ0v) is 11.4. The van der Waals surface area contributed by atoms with Gasteiger partial charge in [-0.25, -0.2) is 0 Å². The van der Waals surface area contributed by atoms with Gasteiger partial charge in [0.25, 0.3) is 5.91 Å². The second kappa shape index (κ2) is 8.72. The highest BCUT2D eigenvalue weighted by Gasteiger charge is 2.21. The van der Waals surface area contributed by atoms with Crippen LogP contribution in [-0.2, 0) is 16.1 Å². The summed E-state index contributed by atoms with van der Waals surface area (Å²) in [4.78, 5) is 25.5.